The minimum atomic E-state index is 0.455. The van der Waals surface area contributed by atoms with Gasteiger partial charge in [-0.1, -0.05) is 0 Å². The summed E-state index contributed by atoms with van der Waals surface area (Å²) < 4.78 is 23.2. The first-order valence-corrected chi connectivity index (χ1v) is 8.48. The lowest BCUT2D eigenvalue weighted by Crippen LogP contribution is -2.04. The van der Waals surface area contributed by atoms with Gasteiger partial charge in [0.25, 0.3) is 5.78 Å². The molecule has 0 amide bonds. The molecule has 3 aromatic heterocycles. The molecule has 4 aromatic rings. The molecule has 9 heteroatoms. The maximum absolute atomic E-state index is 5.42. The number of aromatic nitrogens is 4. The van der Waals surface area contributed by atoms with Gasteiger partial charge in [0.2, 0.25) is 11.6 Å². The second-order valence-corrected chi connectivity index (χ2v) is 5.95. The van der Waals surface area contributed by atoms with Crippen LogP contribution in [0, 0.1) is 6.92 Å². The Morgan fingerprint density at radius 2 is 1.75 bits per heavy atom. The summed E-state index contributed by atoms with van der Waals surface area (Å²) in [5.74, 6) is 3.77. The third-order valence-electron chi connectivity index (χ3n) is 4.12. The zero-order valence-electron chi connectivity index (χ0n) is 15.9. The Labute approximate surface area is 160 Å². The van der Waals surface area contributed by atoms with E-state index in [-0.39, 0.29) is 0 Å². The third-order valence-corrected chi connectivity index (χ3v) is 4.12. The summed E-state index contributed by atoms with van der Waals surface area (Å²) in [4.78, 5) is 8.89. The summed E-state index contributed by atoms with van der Waals surface area (Å²) in [7, 11) is 4.71. The van der Waals surface area contributed by atoms with Gasteiger partial charge in [0.1, 0.15) is 5.82 Å². The normalized spacial score (nSPS) is 10.9. The van der Waals surface area contributed by atoms with Gasteiger partial charge >= 0.3 is 0 Å². The van der Waals surface area contributed by atoms with Crippen molar-refractivity contribution in [3.05, 3.63) is 42.3 Å². The number of fused-ring (bicyclic) bond motifs is 1. The van der Waals surface area contributed by atoms with Gasteiger partial charge in [-0.3, -0.25) is 0 Å². The summed E-state index contributed by atoms with van der Waals surface area (Å²) in [6.45, 7) is 1.89. The number of hydrogen-bond donors (Lipinski definition) is 1. The van der Waals surface area contributed by atoms with Crippen LogP contribution < -0.4 is 19.5 Å². The number of aryl methyl sites for hydroxylation is 1. The van der Waals surface area contributed by atoms with Crippen molar-refractivity contribution >= 4 is 17.3 Å². The standard InChI is InChI=1S/C19H19N5O4/c1-11-8-16(21-12-9-14(25-2)17(27-4)15(10-12)26-3)24-19(20-11)22-18(23-24)13-6-5-7-28-13/h5-10,21H,1-4H3. The van der Waals surface area contributed by atoms with Crippen LogP contribution in [0.5, 0.6) is 17.2 Å². The summed E-state index contributed by atoms with van der Waals surface area (Å²) in [6, 6.07) is 9.08. The zero-order chi connectivity index (χ0) is 19.7. The fourth-order valence-corrected chi connectivity index (χ4v) is 2.89. The van der Waals surface area contributed by atoms with Gasteiger partial charge in [0.15, 0.2) is 17.3 Å². The fourth-order valence-electron chi connectivity index (χ4n) is 2.89. The van der Waals surface area contributed by atoms with E-state index in [9.17, 15) is 0 Å². The molecule has 0 bridgehead atoms. The van der Waals surface area contributed by atoms with Crippen LogP contribution in [0.25, 0.3) is 17.4 Å². The van der Waals surface area contributed by atoms with Gasteiger partial charge in [-0.25, -0.2) is 4.98 Å². The summed E-state index contributed by atoms with van der Waals surface area (Å²) in [5, 5.41) is 7.83. The summed E-state index contributed by atoms with van der Waals surface area (Å²) in [6.07, 6.45) is 1.58. The van der Waals surface area contributed by atoms with E-state index in [1.165, 1.54) is 0 Å². The Balaban J connectivity index is 1.79. The Kier molecular flexibility index (Phi) is 4.48. The molecule has 0 fully saturated rings. The van der Waals surface area contributed by atoms with Crippen molar-refractivity contribution in [2.75, 3.05) is 26.6 Å². The Hall–Kier alpha value is -3.75. The number of rotatable bonds is 6. The van der Waals surface area contributed by atoms with E-state index in [2.05, 4.69) is 20.4 Å². The Bertz CT molecular complexity index is 1100. The predicted molar refractivity (Wildman–Crippen MR) is 103 cm³/mol. The van der Waals surface area contributed by atoms with E-state index in [4.69, 9.17) is 18.6 Å². The molecule has 0 aliphatic rings. The average molecular weight is 381 g/mol. The van der Waals surface area contributed by atoms with Gasteiger partial charge < -0.3 is 23.9 Å². The molecule has 4 rings (SSSR count). The van der Waals surface area contributed by atoms with Crippen LogP contribution in [0.15, 0.2) is 41.0 Å². The molecule has 0 unspecified atom stereocenters. The number of hydrogen-bond acceptors (Lipinski definition) is 8. The monoisotopic (exact) mass is 381 g/mol. The van der Waals surface area contributed by atoms with Crippen molar-refractivity contribution in [1.29, 1.82) is 0 Å². The van der Waals surface area contributed by atoms with Crippen LogP contribution in [0.2, 0.25) is 0 Å². The molecule has 0 aliphatic carbocycles. The molecular formula is C19H19N5O4. The van der Waals surface area contributed by atoms with E-state index >= 15 is 0 Å². The van der Waals surface area contributed by atoms with Crippen molar-refractivity contribution in [2.45, 2.75) is 6.92 Å². The molecular weight excluding hydrogens is 362 g/mol. The highest BCUT2D eigenvalue weighted by molar-refractivity contribution is 5.68. The SMILES string of the molecule is COc1cc(Nc2cc(C)nc3nc(-c4ccco4)nn23)cc(OC)c1OC. The number of benzene rings is 1. The third kappa shape index (κ3) is 3.07. The maximum Gasteiger partial charge on any atom is 0.255 e. The molecule has 0 radical (unpaired) electrons. The maximum atomic E-state index is 5.42. The first-order chi connectivity index (χ1) is 13.6. The summed E-state index contributed by atoms with van der Waals surface area (Å²) >= 11 is 0. The van der Waals surface area contributed by atoms with Crippen LogP contribution in [0.1, 0.15) is 5.69 Å². The highest BCUT2D eigenvalue weighted by atomic mass is 16.5. The quantitative estimate of drug-likeness (QED) is 0.542. The van der Waals surface area contributed by atoms with Gasteiger partial charge in [0, 0.05) is 29.6 Å². The van der Waals surface area contributed by atoms with Crippen molar-refractivity contribution < 1.29 is 18.6 Å². The van der Waals surface area contributed by atoms with E-state index in [1.807, 2.05) is 25.1 Å². The molecule has 0 atom stereocenters. The fraction of sp³-hybridized carbons (Fsp3) is 0.211. The van der Waals surface area contributed by atoms with Gasteiger partial charge in [-0.2, -0.15) is 9.50 Å². The second-order valence-electron chi connectivity index (χ2n) is 5.95. The Morgan fingerprint density at radius 1 is 1.00 bits per heavy atom. The molecule has 0 spiro atoms. The lowest BCUT2D eigenvalue weighted by atomic mass is 10.2. The van der Waals surface area contributed by atoms with Crippen LogP contribution in [-0.2, 0) is 0 Å². The van der Waals surface area contributed by atoms with Crippen LogP contribution in [0.4, 0.5) is 11.5 Å². The second kappa shape index (κ2) is 7.10. The largest absolute Gasteiger partial charge is 0.493 e. The molecule has 1 N–H and O–H groups in total. The minimum absolute atomic E-state index is 0.455. The minimum Gasteiger partial charge on any atom is -0.493 e. The van der Waals surface area contributed by atoms with Gasteiger partial charge in [-0.15, -0.1) is 5.10 Å². The van der Waals surface area contributed by atoms with Crippen LogP contribution in [-0.4, -0.2) is 40.9 Å². The van der Waals surface area contributed by atoms with Crippen LogP contribution >= 0.6 is 0 Å². The molecule has 9 nitrogen and oxygen atoms in total. The molecule has 0 saturated heterocycles. The molecule has 1 aromatic carbocycles. The first kappa shape index (κ1) is 17.7. The van der Waals surface area contributed by atoms with Gasteiger partial charge in [0.05, 0.1) is 27.6 Å². The first-order valence-electron chi connectivity index (χ1n) is 8.48. The Morgan fingerprint density at radius 3 is 2.36 bits per heavy atom. The molecule has 144 valence electrons. The lowest BCUT2D eigenvalue weighted by molar-refractivity contribution is 0.324. The molecule has 3 heterocycles. The molecule has 28 heavy (non-hydrogen) atoms. The predicted octanol–water partition coefficient (Wildman–Crippen LogP) is 3.46. The number of nitrogens with zero attached hydrogens (tertiary/aromatic N) is 4. The van der Waals surface area contributed by atoms with Crippen molar-refractivity contribution in [1.82, 2.24) is 19.6 Å². The number of furan rings is 1. The summed E-state index contributed by atoms with van der Waals surface area (Å²) in [5.41, 5.74) is 1.53. The highest BCUT2D eigenvalue weighted by Crippen LogP contribution is 2.40. The average Bonchev–Trinajstić information content (AvgIpc) is 3.36. The van der Waals surface area contributed by atoms with Gasteiger partial charge in [-0.05, 0) is 19.1 Å². The van der Waals surface area contributed by atoms with Crippen molar-refractivity contribution in [2.24, 2.45) is 0 Å². The smallest absolute Gasteiger partial charge is 0.255 e. The molecule has 0 aliphatic heterocycles. The zero-order valence-corrected chi connectivity index (χ0v) is 15.9. The van der Waals surface area contributed by atoms with Crippen LogP contribution in [0.3, 0.4) is 0 Å². The topological polar surface area (TPSA) is 95.9 Å². The number of methoxy groups -OCH3 is 3. The number of nitrogens with one attached hydrogen (secondary N) is 1. The van der Waals surface area contributed by atoms with E-state index < -0.39 is 0 Å². The van der Waals surface area contributed by atoms with E-state index in [0.717, 1.165) is 11.4 Å². The number of ether oxygens (including phenoxy) is 3. The van der Waals surface area contributed by atoms with E-state index in [0.29, 0.717) is 40.4 Å². The van der Waals surface area contributed by atoms with E-state index in [1.54, 1.807) is 44.2 Å². The van der Waals surface area contributed by atoms with Crippen molar-refractivity contribution in [3.63, 3.8) is 0 Å². The molecule has 0 saturated carbocycles. The highest BCUT2D eigenvalue weighted by Gasteiger charge is 2.16. The lowest BCUT2D eigenvalue weighted by Gasteiger charge is -2.15. The number of anilines is 2. The van der Waals surface area contributed by atoms with Crippen molar-refractivity contribution in [3.8, 4) is 28.8 Å².